The molecule has 0 aliphatic rings. The van der Waals surface area contributed by atoms with Crippen molar-refractivity contribution >= 4 is 11.6 Å². The van der Waals surface area contributed by atoms with Crippen LogP contribution in [0.4, 0.5) is 5.69 Å². The van der Waals surface area contributed by atoms with Crippen molar-refractivity contribution in [3.8, 4) is 0 Å². The minimum Gasteiger partial charge on any atom is -0.385 e. The number of hydrogen-bond donors (Lipinski definition) is 2. The van der Waals surface area contributed by atoms with Gasteiger partial charge in [0.05, 0.1) is 6.54 Å². The van der Waals surface area contributed by atoms with E-state index >= 15 is 0 Å². The standard InChI is InChI=1S/C16H27N3O2/c1-14-6-3-7-15(12-14)19(10-4-8-17)13-16(20)18-9-5-11-21-2/h3,6-7,12H,4-5,8-11,13,17H2,1-2H3,(H,18,20). The SMILES string of the molecule is COCCCNC(=O)CN(CCCN)c1cccc(C)c1. The van der Waals surface area contributed by atoms with E-state index in [-0.39, 0.29) is 5.91 Å². The van der Waals surface area contributed by atoms with E-state index in [0.717, 1.165) is 25.1 Å². The van der Waals surface area contributed by atoms with Gasteiger partial charge in [-0.05, 0) is 44.0 Å². The summed E-state index contributed by atoms with van der Waals surface area (Å²) in [7, 11) is 1.66. The Labute approximate surface area is 127 Å². The number of rotatable bonds is 10. The van der Waals surface area contributed by atoms with Crippen LogP contribution in [0.5, 0.6) is 0 Å². The van der Waals surface area contributed by atoms with Gasteiger partial charge in [0.15, 0.2) is 0 Å². The summed E-state index contributed by atoms with van der Waals surface area (Å²) < 4.78 is 4.96. The third-order valence-corrected chi connectivity index (χ3v) is 3.18. The van der Waals surface area contributed by atoms with Crippen molar-refractivity contribution < 1.29 is 9.53 Å². The summed E-state index contributed by atoms with van der Waals surface area (Å²) in [6.07, 6.45) is 1.69. The summed E-state index contributed by atoms with van der Waals surface area (Å²) in [4.78, 5) is 14.1. The lowest BCUT2D eigenvalue weighted by Crippen LogP contribution is -2.38. The predicted molar refractivity (Wildman–Crippen MR) is 86.6 cm³/mol. The Hall–Kier alpha value is -1.59. The molecule has 0 aliphatic carbocycles. The zero-order valence-electron chi connectivity index (χ0n) is 13.1. The number of carbonyl (C=O) groups excluding carboxylic acids is 1. The van der Waals surface area contributed by atoms with Gasteiger partial charge >= 0.3 is 0 Å². The average Bonchev–Trinajstić information content (AvgIpc) is 2.48. The molecule has 0 heterocycles. The summed E-state index contributed by atoms with van der Waals surface area (Å²) in [6.45, 7) is 5.12. The van der Waals surface area contributed by atoms with Gasteiger partial charge in [-0.1, -0.05) is 12.1 Å². The van der Waals surface area contributed by atoms with E-state index in [1.807, 2.05) is 12.1 Å². The minimum absolute atomic E-state index is 0.0321. The maximum absolute atomic E-state index is 12.0. The molecule has 21 heavy (non-hydrogen) atoms. The van der Waals surface area contributed by atoms with Crippen LogP contribution in [-0.2, 0) is 9.53 Å². The third kappa shape index (κ3) is 7.11. The maximum atomic E-state index is 12.0. The van der Waals surface area contributed by atoms with Gasteiger partial charge in [-0.25, -0.2) is 0 Å². The van der Waals surface area contributed by atoms with Crippen LogP contribution in [-0.4, -0.2) is 45.8 Å². The number of nitrogens with two attached hydrogens (primary N) is 1. The van der Waals surface area contributed by atoms with Crippen molar-refractivity contribution in [3.63, 3.8) is 0 Å². The third-order valence-electron chi connectivity index (χ3n) is 3.18. The molecule has 0 unspecified atom stereocenters. The van der Waals surface area contributed by atoms with Crippen LogP contribution in [0.2, 0.25) is 0 Å². The Morgan fingerprint density at radius 3 is 2.86 bits per heavy atom. The number of amides is 1. The van der Waals surface area contributed by atoms with Gasteiger partial charge < -0.3 is 20.7 Å². The van der Waals surface area contributed by atoms with Crippen LogP contribution in [0.3, 0.4) is 0 Å². The molecule has 1 amide bonds. The van der Waals surface area contributed by atoms with Gasteiger partial charge in [-0.2, -0.15) is 0 Å². The van der Waals surface area contributed by atoms with Crippen molar-refractivity contribution in [3.05, 3.63) is 29.8 Å². The molecule has 0 saturated heterocycles. The van der Waals surface area contributed by atoms with Crippen LogP contribution >= 0.6 is 0 Å². The first-order chi connectivity index (χ1) is 10.2. The summed E-state index contributed by atoms with van der Waals surface area (Å²) in [6, 6.07) is 8.18. The average molecular weight is 293 g/mol. The molecule has 118 valence electrons. The van der Waals surface area contributed by atoms with Gasteiger partial charge in [0.2, 0.25) is 5.91 Å². The number of methoxy groups -OCH3 is 1. The Bertz CT molecular complexity index is 424. The monoisotopic (exact) mass is 293 g/mol. The number of aryl methyl sites for hydroxylation is 1. The van der Waals surface area contributed by atoms with E-state index in [4.69, 9.17) is 10.5 Å². The molecule has 1 aromatic carbocycles. The predicted octanol–water partition coefficient (Wildman–Crippen LogP) is 1.30. The van der Waals surface area contributed by atoms with E-state index in [1.165, 1.54) is 5.56 Å². The van der Waals surface area contributed by atoms with E-state index < -0.39 is 0 Å². The quantitative estimate of drug-likeness (QED) is 0.638. The lowest BCUT2D eigenvalue weighted by atomic mass is 10.2. The summed E-state index contributed by atoms with van der Waals surface area (Å²) in [5.41, 5.74) is 7.84. The van der Waals surface area contributed by atoms with Gasteiger partial charge in [0, 0.05) is 32.5 Å². The summed E-state index contributed by atoms with van der Waals surface area (Å²) in [5, 5.41) is 2.92. The second-order valence-corrected chi connectivity index (χ2v) is 5.10. The van der Waals surface area contributed by atoms with Crippen molar-refractivity contribution in [2.24, 2.45) is 5.73 Å². The zero-order valence-corrected chi connectivity index (χ0v) is 13.1. The molecule has 0 spiro atoms. The van der Waals surface area contributed by atoms with Gasteiger partial charge in [0.1, 0.15) is 0 Å². The van der Waals surface area contributed by atoms with Crippen LogP contribution in [0.1, 0.15) is 18.4 Å². The normalized spacial score (nSPS) is 10.4. The fourth-order valence-electron chi connectivity index (χ4n) is 2.08. The lowest BCUT2D eigenvalue weighted by Gasteiger charge is -2.24. The van der Waals surface area contributed by atoms with Crippen molar-refractivity contribution in [1.82, 2.24) is 5.32 Å². The molecule has 3 N–H and O–H groups in total. The minimum atomic E-state index is 0.0321. The number of carbonyl (C=O) groups is 1. The van der Waals surface area contributed by atoms with Crippen molar-refractivity contribution in [2.75, 3.05) is 44.8 Å². The van der Waals surface area contributed by atoms with Crippen LogP contribution in [0.25, 0.3) is 0 Å². The Morgan fingerprint density at radius 2 is 2.19 bits per heavy atom. The smallest absolute Gasteiger partial charge is 0.239 e. The highest BCUT2D eigenvalue weighted by molar-refractivity contribution is 5.81. The van der Waals surface area contributed by atoms with Gasteiger partial charge in [0.25, 0.3) is 0 Å². The molecule has 0 bridgehead atoms. The second-order valence-electron chi connectivity index (χ2n) is 5.10. The first-order valence-electron chi connectivity index (χ1n) is 7.44. The molecule has 0 radical (unpaired) electrons. The molecule has 0 aliphatic heterocycles. The molecule has 0 saturated carbocycles. The highest BCUT2D eigenvalue weighted by Crippen LogP contribution is 2.15. The fourth-order valence-corrected chi connectivity index (χ4v) is 2.08. The maximum Gasteiger partial charge on any atom is 0.239 e. The molecule has 1 rings (SSSR count). The lowest BCUT2D eigenvalue weighted by molar-refractivity contribution is -0.119. The highest BCUT2D eigenvalue weighted by Gasteiger charge is 2.11. The van der Waals surface area contributed by atoms with Crippen LogP contribution < -0.4 is 16.0 Å². The summed E-state index contributed by atoms with van der Waals surface area (Å²) in [5.74, 6) is 0.0321. The number of nitrogens with one attached hydrogen (secondary N) is 1. The molecule has 0 aromatic heterocycles. The largest absolute Gasteiger partial charge is 0.385 e. The van der Waals surface area contributed by atoms with E-state index in [9.17, 15) is 4.79 Å². The van der Waals surface area contributed by atoms with Crippen molar-refractivity contribution in [1.29, 1.82) is 0 Å². The van der Waals surface area contributed by atoms with Gasteiger partial charge in [-0.15, -0.1) is 0 Å². The molecular formula is C16H27N3O2. The summed E-state index contributed by atoms with van der Waals surface area (Å²) >= 11 is 0. The van der Waals surface area contributed by atoms with Crippen LogP contribution in [0, 0.1) is 6.92 Å². The van der Waals surface area contributed by atoms with Gasteiger partial charge in [-0.3, -0.25) is 4.79 Å². The molecule has 1 aromatic rings. The molecule has 0 atom stereocenters. The topological polar surface area (TPSA) is 67.6 Å². The number of benzene rings is 1. The first kappa shape index (κ1) is 17.5. The van der Waals surface area contributed by atoms with Crippen molar-refractivity contribution in [2.45, 2.75) is 19.8 Å². The number of ether oxygens (including phenoxy) is 1. The zero-order chi connectivity index (χ0) is 15.5. The van der Waals surface area contributed by atoms with E-state index in [0.29, 0.717) is 26.2 Å². The second kappa shape index (κ2) is 10.2. The first-order valence-corrected chi connectivity index (χ1v) is 7.44. The number of anilines is 1. The molecule has 0 fully saturated rings. The molecular weight excluding hydrogens is 266 g/mol. The van der Waals surface area contributed by atoms with Crippen LogP contribution in [0.15, 0.2) is 24.3 Å². The Morgan fingerprint density at radius 1 is 1.38 bits per heavy atom. The van der Waals surface area contributed by atoms with E-state index in [2.05, 4.69) is 29.3 Å². The Kier molecular flexibility index (Phi) is 8.47. The Balaban J connectivity index is 2.55. The highest BCUT2D eigenvalue weighted by atomic mass is 16.5. The molecule has 5 nitrogen and oxygen atoms in total. The number of nitrogens with zero attached hydrogens (tertiary/aromatic N) is 1. The fraction of sp³-hybridized carbons (Fsp3) is 0.562. The molecule has 5 heteroatoms. The van der Waals surface area contributed by atoms with E-state index in [1.54, 1.807) is 7.11 Å². The number of hydrogen-bond acceptors (Lipinski definition) is 4.